The Hall–Kier alpha value is -2.10. The molecule has 0 bridgehead atoms. The highest BCUT2D eigenvalue weighted by Gasteiger charge is 2.22. The fraction of sp³-hybridized carbons (Fsp3) is 0.364. The molecule has 3 heteroatoms. The van der Waals surface area contributed by atoms with E-state index < -0.39 is 0 Å². The maximum Gasteiger partial charge on any atom is 0.0486 e. The van der Waals surface area contributed by atoms with Crippen LogP contribution in [-0.2, 0) is 33.1 Å². The van der Waals surface area contributed by atoms with Crippen molar-refractivity contribution in [1.29, 1.82) is 0 Å². The highest BCUT2D eigenvalue weighted by atomic mass is 15.1. The summed E-state index contributed by atoms with van der Waals surface area (Å²) in [5.41, 5.74) is 8.66. The largest absolute Gasteiger partial charge is 0.348 e. The van der Waals surface area contributed by atoms with Crippen molar-refractivity contribution in [2.45, 2.75) is 33.0 Å². The second-order valence-corrected chi connectivity index (χ2v) is 7.25. The van der Waals surface area contributed by atoms with Crippen LogP contribution in [0, 0.1) is 6.92 Å². The van der Waals surface area contributed by atoms with Crippen molar-refractivity contribution in [2.75, 3.05) is 13.6 Å². The summed E-state index contributed by atoms with van der Waals surface area (Å²) in [4.78, 5) is 2.54. The average molecular weight is 333 g/mol. The Balaban J connectivity index is 1.64. The molecule has 0 fully saturated rings. The Morgan fingerprint density at radius 2 is 1.76 bits per heavy atom. The molecule has 3 aromatic rings. The van der Waals surface area contributed by atoms with Gasteiger partial charge in [-0.05, 0) is 61.3 Å². The maximum atomic E-state index is 3.29. The van der Waals surface area contributed by atoms with Crippen molar-refractivity contribution in [2.24, 2.45) is 7.05 Å². The van der Waals surface area contributed by atoms with Crippen molar-refractivity contribution in [3.63, 3.8) is 0 Å². The predicted molar refractivity (Wildman–Crippen MR) is 105 cm³/mol. The summed E-state index contributed by atoms with van der Waals surface area (Å²) in [6.45, 7) is 6.41. The van der Waals surface area contributed by atoms with Crippen LogP contribution in [0.3, 0.4) is 0 Å². The van der Waals surface area contributed by atoms with E-state index >= 15 is 0 Å². The van der Waals surface area contributed by atoms with E-state index in [9.17, 15) is 0 Å². The molecule has 4 rings (SSSR count). The van der Waals surface area contributed by atoms with Crippen LogP contribution in [0.25, 0.3) is 10.9 Å². The zero-order chi connectivity index (χ0) is 17.4. The lowest BCUT2D eigenvalue weighted by Gasteiger charge is -2.14. The molecule has 0 saturated carbocycles. The normalized spacial score (nSPS) is 14.4. The van der Waals surface area contributed by atoms with Gasteiger partial charge in [0.1, 0.15) is 0 Å². The third-order valence-electron chi connectivity index (χ3n) is 5.61. The first kappa shape index (κ1) is 16.4. The minimum absolute atomic E-state index is 1.02. The van der Waals surface area contributed by atoms with Gasteiger partial charge in [0.15, 0.2) is 0 Å². The molecule has 0 spiro atoms. The molecule has 1 aliphatic rings. The minimum atomic E-state index is 1.02. The van der Waals surface area contributed by atoms with Gasteiger partial charge in [-0.25, -0.2) is 0 Å². The molecule has 2 heterocycles. The Morgan fingerprint density at radius 3 is 2.48 bits per heavy atom. The lowest BCUT2D eigenvalue weighted by atomic mass is 10.0. The summed E-state index contributed by atoms with van der Waals surface area (Å²) in [5.74, 6) is 0. The summed E-state index contributed by atoms with van der Waals surface area (Å²) in [6.07, 6.45) is 1.09. The van der Waals surface area contributed by atoms with Crippen molar-refractivity contribution in [1.82, 2.24) is 14.8 Å². The Labute approximate surface area is 150 Å². The molecule has 2 aromatic carbocycles. The number of hydrogen-bond donors (Lipinski definition) is 1. The van der Waals surface area contributed by atoms with Gasteiger partial charge in [-0.1, -0.05) is 30.3 Å². The smallest absolute Gasteiger partial charge is 0.0486 e. The van der Waals surface area contributed by atoms with Gasteiger partial charge in [-0.15, -0.1) is 0 Å². The number of aromatic nitrogens is 1. The Kier molecular flexibility index (Phi) is 4.36. The Bertz CT molecular complexity index is 893. The molecule has 1 aromatic heterocycles. The lowest BCUT2D eigenvalue weighted by molar-refractivity contribution is 0.275. The summed E-state index contributed by atoms with van der Waals surface area (Å²) in [6, 6.07) is 15.7. The number of benzene rings is 2. The SMILES string of the molecule is CNCCc1c(C)n(C)c2cc3c(cc12)CN(Cc1ccccc1)C3. The molecule has 25 heavy (non-hydrogen) atoms. The fourth-order valence-electron chi connectivity index (χ4n) is 4.12. The van der Waals surface area contributed by atoms with Gasteiger partial charge in [0.25, 0.3) is 0 Å². The highest BCUT2D eigenvalue weighted by molar-refractivity contribution is 5.87. The molecule has 130 valence electrons. The van der Waals surface area contributed by atoms with Crippen LogP contribution < -0.4 is 5.32 Å². The zero-order valence-corrected chi connectivity index (χ0v) is 15.5. The lowest BCUT2D eigenvalue weighted by Crippen LogP contribution is -2.15. The minimum Gasteiger partial charge on any atom is -0.348 e. The van der Waals surface area contributed by atoms with Gasteiger partial charge < -0.3 is 9.88 Å². The van der Waals surface area contributed by atoms with E-state index in [1.165, 1.54) is 38.9 Å². The summed E-state index contributed by atoms with van der Waals surface area (Å²) in [7, 11) is 4.23. The van der Waals surface area contributed by atoms with E-state index in [1.807, 2.05) is 7.05 Å². The van der Waals surface area contributed by atoms with E-state index in [0.717, 1.165) is 32.6 Å². The molecule has 3 nitrogen and oxygen atoms in total. The number of hydrogen-bond acceptors (Lipinski definition) is 2. The van der Waals surface area contributed by atoms with Gasteiger partial charge in [0.2, 0.25) is 0 Å². The topological polar surface area (TPSA) is 20.2 Å². The second-order valence-electron chi connectivity index (χ2n) is 7.25. The summed E-state index contributed by atoms with van der Waals surface area (Å²) >= 11 is 0. The molecular weight excluding hydrogens is 306 g/mol. The van der Waals surface area contributed by atoms with Crippen LogP contribution >= 0.6 is 0 Å². The third kappa shape index (κ3) is 2.99. The van der Waals surface area contributed by atoms with Crippen molar-refractivity contribution >= 4 is 10.9 Å². The van der Waals surface area contributed by atoms with Crippen LogP contribution in [0.2, 0.25) is 0 Å². The first-order valence-electron chi connectivity index (χ1n) is 9.18. The number of fused-ring (bicyclic) bond motifs is 2. The standard InChI is InChI=1S/C22H27N3/c1-16-20(9-10-23-2)21-11-18-14-25(13-17-7-5-4-6-8-17)15-19(18)12-22(21)24(16)3/h4-8,11-12,23H,9-10,13-15H2,1-3H3. The monoisotopic (exact) mass is 333 g/mol. The van der Waals surface area contributed by atoms with Gasteiger partial charge in [0.05, 0.1) is 0 Å². The first-order chi connectivity index (χ1) is 12.2. The van der Waals surface area contributed by atoms with Crippen LogP contribution in [0.5, 0.6) is 0 Å². The molecular formula is C22H27N3. The van der Waals surface area contributed by atoms with Gasteiger partial charge in [-0.2, -0.15) is 0 Å². The molecule has 0 amide bonds. The van der Waals surface area contributed by atoms with E-state index in [2.05, 4.69) is 71.2 Å². The molecule has 0 aliphatic carbocycles. The van der Waals surface area contributed by atoms with E-state index in [1.54, 1.807) is 0 Å². The number of aryl methyl sites for hydroxylation is 1. The number of rotatable bonds is 5. The van der Waals surface area contributed by atoms with Gasteiger partial charge in [0, 0.05) is 43.3 Å². The van der Waals surface area contributed by atoms with Crippen LogP contribution in [0.4, 0.5) is 0 Å². The van der Waals surface area contributed by atoms with Crippen molar-refractivity contribution in [3.05, 3.63) is 70.4 Å². The molecule has 0 unspecified atom stereocenters. The number of nitrogens with zero attached hydrogens (tertiary/aromatic N) is 2. The Morgan fingerprint density at radius 1 is 1.04 bits per heavy atom. The predicted octanol–water partition coefficient (Wildman–Crippen LogP) is 3.76. The average Bonchev–Trinajstić information content (AvgIpc) is 3.11. The van der Waals surface area contributed by atoms with Crippen molar-refractivity contribution < 1.29 is 0 Å². The summed E-state index contributed by atoms with van der Waals surface area (Å²) in [5, 5.41) is 4.73. The maximum absolute atomic E-state index is 3.29. The quantitative estimate of drug-likeness (QED) is 0.767. The van der Waals surface area contributed by atoms with Gasteiger partial charge in [-0.3, -0.25) is 4.90 Å². The summed E-state index contributed by atoms with van der Waals surface area (Å²) < 4.78 is 2.36. The second kappa shape index (κ2) is 6.66. The molecule has 0 radical (unpaired) electrons. The van der Waals surface area contributed by atoms with Gasteiger partial charge >= 0.3 is 0 Å². The molecule has 1 aliphatic heterocycles. The van der Waals surface area contributed by atoms with Crippen LogP contribution in [0.15, 0.2) is 42.5 Å². The fourth-order valence-corrected chi connectivity index (χ4v) is 4.12. The van der Waals surface area contributed by atoms with Crippen LogP contribution in [-0.4, -0.2) is 23.1 Å². The zero-order valence-electron chi connectivity index (χ0n) is 15.5. The van der Waals surface area contributed by atoms with E-state index in [-0.39, 0.29) is 0 Å². The third-order valence-corrected chi connectivity index (χ3v) is 5.61. The van der Waals surface area contributed by atoms with E-state index in [4.69, 9.17) is 0 Å². The first-order valence-corrected chi connectivity index (χ1v) is 9.18. The van der Waals surface area contributed by atoms with Crippen molar-refractivity contribution in [3.8, 4) is 0 Å². The number of nitrogens with one attached hydrogen (secondary N) is 1. The highest BCUT2D eigenvalue weighted by Crippen LogP contribution is 2.33. The molecule has 1 N–H and O–H groups in total. The van der Waals surface area contributed by atoms with E-state index in [0.29, 0.717) is 0 Å². The molecule has 0 saturated heterocycles. The van der Waals surface area contributed by atoms with Crippen LogP contribution in [0.1, 0.15) is 27.9 Å². The molecule has 0 atom stereocenters. The number of likely N-dealkylation sites (N-methyl/N-ethyl adjacent to an activating group) is 1.